The van der Waals surface area contributed by atoms with Crippen LogP contribution in [0.2, 0.25) is 0 Å². The summed E-state index contributed by atoms with van der Waals surface area (Å²) in [4.78, 5) is 8.70. The van der Waals surface area contributed by atoms with Crippen LogP contribution in [0.1, 0.15) is 0 Å². The van der Waals surface area contributed by atoms with Crippen LogP contribution in [-0.4, -0.2) is 28.2 Å². The highest BCUT2D eigenvalue weighted by molar-refractivity contribution is 5.59. The average Bonchev–Trinajstić information content (AvgIpc) is 3.24. The number of hydrogen-bond acceptors (Lipinski definition) is 4. The molecule has 0 N–H and O–H groups in total. The zero-order valence-electron chi connectivity index (χ0n) is 14.3. The molecule has 0 saturated carbocycles. The smallest absolute Gasteiger partial charge is 0.139 e. The molecule has 1 aliphatic heterocycles. The lowest BCUT2D eigenvalue weighted by molar-refractivity contribution is 0.481. The Morgan fingerprint density at radius 2 is 1.76 bits per heavy atom. The van der Waals surface area contributed by atoms with Crippen molar-refractivity contribution < 1.29 is 4.74 Å². The van der Waals surface area contributed by atoms with E-state index in [1.165, 1.54) is 0 Å². The highest BCUT2D eigenvalue weighted by atomic mass is 16.5. The van der Waals surface area contributed by atoms with Crippen LogP contribution >= 0.6 is 0 Å². The molecule has 0 saturated heterocycles. The SMILES string of the molecule is CN1C=CN(c2cccc(Oc3cccc(-c4nccn4C)c3)c2)C1. The Morgan fingerprint density at radius 3 is 2.48 bits per heavy atom. The number of hydrogen-bond donors (Lipinski definition) is 0. The summed E-state index contributed by atoms with van der Waals surface area (Å²) >= 11 is 0. The van der Waals surface area contributed by atoms with Crippen molar-refractivity contribution in [2.45, 2.75) is 0 Å². The minimum absolute atomic E-state index is 0.798. The van der Waals surface area contributed by atoms with E-state index < -0.39 is 0 Å². The summed E-state index contributed by atoms with van der Waals surface area (Å²) in [7, 11) is 4.04. The van der Waals surface area contributed by atoms with Crippen molar-refractivity contribution in [3.05, 3.63) is 73.3 Å². The first kappa shape index (κ1) is 15.3. The standard InChI is InChI=1S/C20H20N4O/c1-22-11-12-24(15-22)17-6-4-8-19(14-17)25-18-7-3-5-16(13-18)20-21-9-10-23(20)2/h3-14H,15H2,1-2H3. The van der Waals surface area contributed by atoms with Crippen LogP contribution in [0.15, 0.2) is 73.3 Å². The normalized spacial score (nSPS) is 13.5. The number of aryl methyl sites for hydroxylation is 1. The second-order valence-electron chi connectivity index (χ2n) is 6.16. The van der Waals surface area contributed by atoms with Crippen molar-refractivity contribution in [2.75, 3.05) is 18.6 Å². The van der Waals surface area contributed by atoms with Crippen LogP contribution in [0.25, 0.3) is 11.4 Å². The van der Waals surface area contributed by atoms with Gasteiger partial charge in [0.25, 0.3) is 0 Å². The van der Waals surface area contributed by atoms with E-state index in [4.69, 9.17) is 4.74 Å². The van der Waals surface area contributed by atoms with Gasteiger partial charge in [0.2, 0.25) is 0 Å². The Hall–Kier alpha value is -3.21. The first-order valence-corrected chi connectivity index (χ1v) is 8.20. The zero-order valence-corrected chi connectivity index (χ0v) is 14.3. The van der Waals surface area contributed by atoms with Crippen LogP contribution in [-0.2, 0) is 7.05 Å². The average molecular weight is 332 g/mol. The van der Waals surface area contributed by atoms with Crippen LogP contribution in [0.5, 0.6) is 11.5 Å². The van der Waals surface area contributed by atoms with Gasteiger partial charge in [0, 0.05) is 56.2 Å². The van der Waals surface area contributed by atoms with E-state index in [2.05, 4.69) is 46.4 Å². The Bertz CT molecular complexity index is 915. The molecule has 5 heteroatoms. The fourth-order valence-electron chi connectivity index (χ4n) is 2.90. The largest absolute Gasteiger partial charge is 0.457 e. The van der Waals surface area contributed by atoms with Crippen LogP contribution in [0.3, 0.4) is 0 Å². The summed E-state index contributed by atoms with van der Waals surface area (Å²) in [6, 6.07) is 16.1. The molecule has 1 aromatic heterocycles. The third kappa shape index (κ3) is 3.21. The van der Waals surface area contributed by atoms with Crippen molar-refractivity contribution >= 4 is 5.69 Å². The van der Waals surface area contributed by atoms with Crippen molar-refractivity contribution in [2.24, 2.45) is 7.05 Å². The third-order valence-electron chi connectivity index (χ3n) is 4.17. The lowest BCUT2D eigenvalue weighted by Gasteiger charge is -2.19. The quantitative estimate of drug-likeness (QED) is 0.721. The van der Waals surface area contributed by atoms with Gasteiger partial charge in [-0.1, -0.05) is 18.2 Å². The van der Waals surface area contributed by atoms with Gasteiger partial charge in [-0.15, -0.1) is 0 Å². The number of nitrogens with zero attached hydrogens (tertiary/aromatic N) is 4. The fourth-order valence-corrected chi connectivity index (χ4v) is 2.90. The molecule has 5 nitrogen and oxygen atoms in total. The van der Waals surface area contributed by atoms with Crippen LogP contribution in [0.4, 0.5) is 5.69 Å². The molecule has 3 aromatic rings. The predicted molar refractivity (Wildman–Crippen MR) is 99.4 cm³/mol. The number of rotatable bonds is 4. The predicted octanol–water partition coefficient (Wildman–Crippen LogP) is 4.06. The van der Waals surface area contributed by atoms with E-state index in [0.29, 0.717) is 0 Å². The maximum atomic E-state index is 6.08. The summed E-state index contributed by atoms with van der Waals surface area (Å²) in [5.74, 6) is 2.54. The fraction of sp³-hybridized carbons (Fsp3) is 0.150. The molecule has 0 radical (unpaired) electrons. The number of imidazole rings is 1. The van der Waals surface area contributed by atoms with E-state index in [9.17, 15) is 0 Å². The minimum atomic E-state index is 0.798. The third-order valence-corrected chi connectivity index (χ3v) is 4.17. The first-order valence-electron chi connectivity index (χ1n) is 8.20. The highest BCUT2D eigenvalue weighted by Crippen LogP contribution is 2.29. The van der Waals surface area contributed by atoms with Gasteiger partial charge in [0.1, 0.15) is 17.3 Å². The van der Waals surface area contributed by atoms with Crippen molar-refractivity contribution in [3.63, 3.8) is 0 Å². The van der Waals surface area contributed by atoms with E-state index >= 15 is 0 Å². The van der Waals surface area contributed by atoms with E-state index in [0.717, 1.165) is 35.2 Å². The molecule has 126 valence electrons. The van der Waals surface area contributed by atoms with E-state index in [1.54, 1.807) is 6.20 Å². The van der Waals surface area contributed by atoms with Gasteiger partial charge in [0.05, 0.1) is 6.67 Å². The van der Waals surface area contributed by atoms with Crippen molar-refractivity contribution in [3.8, 4) is 22.9 Å². The molecule has 4 rings (SSSR count). The summed E-state index contributed by atoms with van der Waals surface area (Å²) in [6.07, 6.45) is 7.87. The van der Waals surface area contributed by atoms with Crippen LogP contribution < -0.4 is 9.64 Å². The summed E-state index contributed by atoms with van der Waals surface area (Å²) in [5.41, 5.74) is 2.14. The number of ether oxygens (including phenoxy) is 1. The van der Waals surface area contributed by atoms with E-state index in [-0.39, 0.29) is 0 Å². The molecule has 2 heterocycles. The van der Waals surface area contributed by atoms with Gasteiger partial charge in [-0.2, -0.15) is 0 Å². The van der Waals surface area contributed by atoms with Gasteiger partial charge < -0.3 is 19.1 Å². The van der Waals surface area contributed by atoms with Gasteiger partial charge in [-0.3, -0.25) is 0 Å². The van der Waals surface area contributed by atoms with E-state index in [1.807, 2.05) is 54.2 Å². The lowest BCUT2D eigenvalue weighted by atomic mass is 10.2. The van der Waals surface area contributed by atoms with Gasteiger partial charge >= 0.3 is 0 Å². The van der Waals surface area contributed by atoms with Gasteiger partial charge in [-0.25, -0.2) is 4.98 Å². The molecule has 0 aliphatic carbocycles. The molecule has 0 amide bonds. The summed E-state index contributed by atoms with van der Waals surface area (Å²) in [6.45, 7) is 0.845. The second-order valence-corrected chi connectivity index (χ2v) is 6.16. The molecule has 0 atom stereocenters. The maximum absolute atomic E-state index is 6.08. The first-order chi connectivity index (χ1) is 12.2. The number of benzene rings is 2. The molecule has 2 aromatic carbocycles. The summed E-state index contributed by atoms with van der Waals surface area (Å²) in [5, 5.41) is 0. The molecular formula is C20H20N4O. The number of aromatic nitrogens is 2. The lowest BCUT2D eigenvalue weighted by Crippen LogP contribution is -2.21. The summed E-state index contributed by atoms with van der Waals surface area (Å²) < 4.78 is 8.08. The minimum Gasteiger partial charge on any atom is -0.457 e. The molecule has 0 bridgehead atoms. The molecule has 25 heavy (non-hydrogen) atoms. The monoisotopic (exact) mass is 332 g/mol. The molecule has 0 spiro atoms. The maximum Gasteiger partial charge on any atom is 0.139 e. The zero-order chi connectivity index (χ0) is 17.2. The van der Waals surface area contributed by atoms with Gasteiger partial charge in [-0.05, 0) is 24.3 Å². The van der Waals surface area contributed by atoms with Gasteiger partial charge in [0.15, 0.2) is 0 Å². The Labute approximate surface area is 147 Å². The molecule has 0 unspecified atom stereocenters. The van der Waals surface area contributed by atoms with Crippen LogP contribution in [0, 0.1) is 0 Å². The molecular weight excluding hydrogens is 312 g/mol. The molecule has 1 aliphatic rings. The number of anilines is 1. The Balaban J connectivity index is 1.57. The van der Waals surface area contributed by atoms with Crippen molar-refractivity contribution in [1.29, 1.82) is 0 Å². The Kier molecular flexibility index (Phi) is 3.90. The highest BCUT2D eigenvalue weighted by Gasteiger charge is 2.11. The Morgan fingerprint density at radius 1 is 0.960 bits per heavy atom. The second kappa shape index (κ2) is 6.36. The topological polar surface area (TPSA) is 33.5 Å². The van der Waals surface area contributed by atoms with Crippen molar-refractivity contribution in [1.82, 2.24) is 14.5 Å². The molecule has 0 fully saturated rings.